The number of hydrogen-bond donors (Lipinski definition) is 0. The number of pyridine rings is 1. The van der Waals surface area contributed by atoms with E-state index in [0.29, 0.717) is 18.8 Å². The zero-order valence-electron chi connectivity index (χ0n) is 13.1. The van der Waals surface area contributed by atoms with Crippen LogP contribution in [0, 0.1) is 0 Å². The number of nitrogens with zero attached hydrogens (tertiary/aromatic N) is 3. The standard InChI is InChI=1S/C18H19N3O2/c1-2-12-20-16(15-10-6-7-11-19-15)17(22)21(18(20)23)13-14-8-4-3-5-9-14/h3-11,16H,2,12-13H2,1H3. The van der Waals surface area contributed by atoms with Crippen LogP contribution in [0.15, 0.2) is 54.7 Å². The molecule has 1 aliphatic heterocycles. The lowest BCUT2D eigenvalue weighted by atomic mass is 10.1. The molecule has 0 spiro atoms. The van der Waals surface area contributed by atoms with Gasteiger partial charge in [-0.05, 0) is 24.1 Å². The molecule has 3 amide bonds. The quantitative estimate of drug-likeness (QED) is 0.798. The van der Waals surface area contributed by atoms with E-state index >= 15 is 0 Å². The van der Waals surface area contributed by atoms with Gasteiger partial charge in [-0.2, -0.15) is 0 Å². The van der Waals surface area contributed by atoms with Crippen molar-refractivity contribution in [2.75, 3.05) is 6.54 Å². The molecule has 1 atom stereocenters. The van der Waals surface area contributed by atoms with Gasteiger partial charge in [-0.1, -0.05) is 43.3 Å². The van der Waals surface area contributed by atoms with E-state index in [1.165, 1.54) is 4.90 Å². The predicted molar refractivity (Wildman–Crippen MR) is 86.4 cm³/mol. The van der Waals surface area contributed by atoms with Gasteiger partial charge >= 0.3 is 6.03 Å². The maximum Gasteiger partial charge on any atom is 0.328 e. The minimum Gasteiger partial charge on any atom is -0.307 e. The maximum absolute atomic E-state index is 12.8. The van der Waals surface area contributed by atoms with Crippen molar-refractivity contribution in [3.05, 3.63) is 66.0 Å². The van der Waals surface area contributed by atoms with Crippen molar-refractivity contribution >= 4 is 11.9 Å². The van der Waals surface area contributed by atoms with E-state index in [2.05, 4.69) is 4.98 Å². The van der Waals surface area contributed by atoms with E-state index in [9.17, 15) is 9.59 Å². The summed E-state index contributed by atoms with van der Waals surface area (Å²) in [7, 11) is 0. The number of urea groups is 1. The van der Waals surface area contributed by atoms with Crippen LogP contribution in [0.1, 0.15) is 30.6 Å². The van der Waals surface area contributed by atoms with Gasteiger partial charge in [-0.25, -0.2) is 4.79 Å². The third-order valence-electron chi connectivity index (χ3n) is 3.90. The molecule has 5 nitrogen and oxygen atoms in total. The van der Waals surface area contributed by atoms with Crippen molar-refractivity contribution in [1.82, 2.24) is 14.8 Å². The van der Waals surface area contributed by atoms with Gasteiger partial charge < -0.3 is 4.90 Å². The summed E-state index contributed by atoms with van der Waals surface area (Å²) >= 11 is 0. The number of benzene rings is 1. The number of aromatic nitrogens is 1. The first-order chi connectivity index (χ1) is 11.2. The molecule has 0 N–H and O–H groups in total. The zero-order valence-corrected chi connectivity index (χ0v) is 13.1. The van der Waals surface area contributed by atoms with Gasteiger partial charge in [0.1, 0.15) is 0 Å². The number of imide groups is 1. The lowest BCUT2D eigenvalue weighted by Crippen LogP contribution is -2.33. The molecule has 118 valence electrons. The molecule has 2 aromatic rings. The fourth-order valence-corrected chi connectivity index (χ4v) is 2.84. The molecule has 1 saturated heterocycles. The number of rotatable bonds is 5. The molecule has 0 saturated carbocycles. The van der Waals surface area contributed by atoms with E-state index in [4.69, 9.17) is 0 Å². The Morgan fingerprint density at radius 1 is 1.04 bits per heavy atom. The Hall–Kier alpha value is -2.69. The Balaban J connectivity index is 1.91. The summed E-state index contributed by atoms with van der Waals surface area (Å²) < 4.78 is 0. The van der Waals surface area contributed by atoms with Crippen LogP contribution in [0.25, 0.3) is 0 Å². The van der Waals surface area contributed by atoms with Gasteiger partial charge in [0.05, 0.1) is 12.2 Å². The highest BCUT2D eigenvalue weighted by Gasteiger charge is 2.45. The lowest BCUT2D eigenvalue weighted by molar-refractivity contribution is -0.129. The summed E-state index contributed by atoms with van der Waals surface area (Å²) in [4.78, 5) is 32.7. The lowest BCUT2D eigenvalue weighted by Gasteiger charge is -2.20. The van der Waals surface area contributed by atoms with Crippen LogP contribution in [0.5, 0.6) is 0 Å². The Kier molecular flexibility index (Phi) is 4.37. The van der Waals surface area contributed by atoms with Gasteiger partial charge in [-0.15, -0.1) is 0 Å². The van der Waals surface area contributed by atoms with Crippen LogP contribution in [0.3, 0.4) is 0 Å². The van der Waals surface area contributed by atoms with Crippen LogP contribution in [-0.2, 0) is 11.3 Å². The van der Waals surface area contributed by atoms with E-state index in [1.54, 1.807) is 23.2 Å². The van der Waals surface area contributed by atoms with Crippen LogP contribution < -0.4 is 0 Å². The summed E-state index contributed by atoms with van der Waals surface area (Å²) in [6, 6.07) is 14.1. The van der Waals surface area contributed by atoms with Crippen molar-refractivity contribution in [2.24, 2.45) is 0 Å². The zero-order chi connectivity index (χ0) is 16.2. The Morgan fingerprint density at radius 2 is 1.78 bits per heavy atom. The van der Waals surface area contributed by atoms with Gasteiger partial charge in [0.25, 0.3) is 5.91 Å². The van der Waals surface area contributed by atoms with Crippen molar-refractivity contribution < 1.29 is 9.59 Å². The molecule has 1 aromatic heterocycles. The first-order valence-electron chi connectivity index (χ1n) is 7.79. The van der Waals surface area contributed by atoms with E-state index < -0.39 is 6.04 Å². The molecule has 0 aliphatic carbocycles. The van der Waals surface area contributed by atoms with Gasteiger partial charge in [-0.3, -0.25) is 14.7 Å². The third kappa shape index (κ3) is 2.95. The summed E-state index contributed by atoms with van der Waals surface area (Å²) in [5.74, 6) is -0.203. The molecular formula is C18H19N3O2. The SMILES string of the molecule is CCCN1C(=O)N(Cc2ccccc2)C(=O)C1c1ccccn1. The second kappa shape index (κ2) is 6.60. The van der Waals surface area contributed by atoms with Crippen LogP contribution >= 0.6 is 0 Å². The van der Waals surface area contributed by atoms with Gasteiger partial charge in [0, 0.05) is 12.7 Å². The molecule has 0 radical (unpaired) electrons. The largest absolute Gasteiger partial charge is 0.328 e. The molecule has 0 bridgehead atoms. The number of carbonyl (C=O) groups is 2. The van der Waals surface area contributed by atoms with Crippen LogP contribution in [-0.4, -0.2) is 33.3 Å². The molecule has 1 unspecified atom stereocenters. The topological polar surface area (TPSA) is 53.5 Å². The highest BCUT2D eigenvalue weighted by atomic mass is 16.2. The molecule has 1 aliphatic rings. The molecular weight excluding hydrogens is 290 g/mol. The monoisotopic (exact) mass is 309 g/mol. The summed E-state index contributed by atoms with van der Waals surface area (Å²) in [5.41, 5.74) is 1.56. The number of amides is 3. The first kappa shape index (κ1) is 15.2. The Labute approximate surface area is 135 Å². The summed E-state index contributed by atoms with van der Waals surface area (Å²) in [6.07, 6.45) is 2.44. The smallest absolute Gasteiger partial charge is 0.307 e. The van der Waals surface area contributed by atoms with Crippen molar-refractivity contribution in [2.45, 2.75) is 25.9 Å². The second-order valence-electron chi connectivity index (χ2n) is 5.54. The van der Waals surface area contributed by atoms with E-state index in [0.717, 1.165) is 12.0 Å². The molecule has 2 heterocycles. The molecule has 23 heavy (non-hydrogen) atoms. The maximum atomic E-state index is 12.8. The minimum atomic E-state index is -0.618. The molecule has 1 fully saturated rings. The molecule has 1 aromatic carbocycles. The average Bonchev–Trinajstić information content (AvgIpc) is 2.82. The van der Waals surface area contributed by atoms with Gasteiger partial charge in [0.15, 0.2) is 6.04 Å². The van der Waals surface area contributed by atoms with E-state index in [1.807, 2.05) is 43.3 Å². The number of hydrogen-bond acceptors (Lipinski definition) is 3. The molecule has 5 heteroatoms. The van der Waals surface area contributed by atoms with Crippen molar-refractivity contribution in [3.63, 3.8) is 0 Å². The number of carbonyl (C=O) groups excluding carboxylic acids is 2. The average molecular weight is 309 g/mol. The van der Waals surface area contributed by atoms with Crippen molar-refractivity contribution in [3.8, 4) is 0 Å². The Bertz CT molecular complexity index is 688. The fourth-order valence-electron chi connectivity index (χ4n) is 2.84. The summed E-state index contributed by atoms with van der Waals surface area (Å²) in [5, 5.41) is 0. The fraction of sp³-hybridized carbons (Fsp3) is 0.278. The summed E-state index contributed by atoms with van der Waals surface area (Å²) in [6.45, 7) is 2.83. The van der Waals surface area contributed by atoms with Crippen LogP contribution in [0.4, 0.5) is 4.79 Å². The highest BCUT2D eigenvalue weighted by molar-refractivity contribution is 6.04. The first-order valence-corrected chi connectivity index (χ1v) is 7.79. The molecule has 3 rings (SSSR count). The van der Waals surface area contributed by atoms with Gasteiger partial charge in [0.2, 0.25) is 0 Å². The normalized spacial score (nSPS) is 17.9. The predicted octanol–water partition coefficient (Wildman–Crippen LogP) is 3.00. The van der Waals surface area contributed by atoms with Crippen molar-refractivity contribution in [1.29, 1.82) is 0 Å². The second-order valence-corrected chi connectivity index (χ2v) is 5.54. The van der Waals surface area contributed by atoms with Crippen LogP contribution in [0.2, 0.25) is 0 Å². The third-order valence-corrected chi connectivity index (χ3v) is 3.90. The Morgan fingerprint density at radius 3 is 2.43 bits per heavy atom. The van der Waals surface area contributed by atoms with E-state index in [-0.39, 0.29) is 11.9 Å². The highest BCUT2D eigenvalue weighted by Crippen LogP contribution is 2.31. The minimum absolute atomic E-state index is 0.203.